The van der Waals surface area contributed by atoms with Crippen molar-refractivity contribution in [2.24, 2.45) is 17.8 Å². The molecule has 1 saturated carbocycles. The molecular weight excluding hydrogens is 577 g/mol. The van der Waals surface area contributed by atoms with Crippen LogP contribution in [0, 0.1) is 23.6 Å². The van der Waals surface area contributed by atoms with Crippen LogP contribution in [-0.2, 0) is 11.3 Å². The van der Waals surface area contributed by atoms with E-state index in [1.165, 1.54) is 13.0 Å². The van der Waals surface area contributed by atoms with E-state index in [1.807, 2.05) is 23.9 Å². The first-order chi connectivity index (χ1) is 21.0. The topological polar surface area (TPSA) is 96.4 Å². The first kappa shape index (κ1) is 32.1. The van der Waals surface area contributed by atoms with Gasteiger partial charge in [-0.2, -0.15) is 11.8 Å². The van der Waals surface area contributed by atoms with Gasteiger partial charge in [0.1, 0.15) is 5.82 Å². The Kier molecular flexibility index (Phi) is 10.0. The van der Waals surface area contributed by atoms with Gasteiger partial charge in [-0.1, -0.05) is 32.6 Å². The van der Waals surface area contributed by atoms with Crippen LogP contribution in [0.5, 0.6) is 0 Å². The summed E-state index contributed by atoms with van der Waals surface area (Å²) in [6.07, 6.45) is 5.48. The molecule has 0 bridgehead atoms. The molecule has 2 fully saturated rings. The minimum absolute atomic E-state index is 0.0129. The van der Waals surface area contributed by atoms with Gasteiger partial charge < -0.3 is 10.2 Å². The van der Waals surface area contributed by atoms with E-state index in [4.69, 9.17) is 0 Å². The Morgan fingerprint density at radius 1 is 1.09 bits per heavy atom. The second kappa shape index (κ2) is 13.8. The molecule has 1 aromatic heterocycles. The van der Waals surface area contributed by atoms with Crippen LogP contribution in [0.1, 0.15) is 108 Å². The molecule has 1 N–H and O–H groups in total. The minimum Gasteiger partial charge on any atom is -0.349 e. The van der Waals surface area contributed by atoms with Gasteiger partial charge in [0.15, 0.2) is 11.6 Å². The van der Waals surface area contributed by atoms with Crippen LogP contribution in [0.15, 0.2) is 42.6 Å². The van der Waals surface area contributed by atoms with E-state index >= 15 is 0 Å². The number of rotatable bonds is 10. The van der Waals surface area contributed by atoms with Crippen LogP contribution in [-0.4, -0.2) is 57.4 Å². The number of nitrogens with one attached hydrogen (secondary N) is 1. The Labute approximate surface area is 263 Å². The van der Waals surface area contributed by atoms with Gasteiger partial charge in [0, 0.05) is 24.7 Å². The summed E-state index contributed by atoms with van der Waals surface area (Å²) in [5.74, 6) is 0.167. The van der Waals surface area contributed by atoms with Crippen molar-refractivity contribution in [1.82, 2.24) is 15.2 Å². The molecule has 3 heterocycles. The Hall–Kier alpha value is -3.33. The summed E-state index contributed by atoms with van der Waals surface area (Å²) in [5, 5.41) is 3.15. The highest BCUT2D eigenvalue weighted by molar-refractivity contribution is 7.99. The molecule has 44 heavy (non-hydrogen) atoms. The smallest absolute Gasteiger partial charge is 0.255 e. The highest BCUT2D eigenvalue weighted by Crippen LogP contribution is 2.41. The molecule has 9 heteroatoms. The number of halogens is 1. The normalized spacial score (nSPS) is 21.2. The third kappa shape index (κ3) is 6.82. The van der Waals surface area contributed by atoms with Crippen LogP contribution in [0.25, 0.3) is 0 Å². The third-order valence-corrected chi connectivity index (χ3v) is 10.3. The van der Waals surface area contributed by atoms with Gasteiger partial charge in [-0.05, 0) is 98.0 Å². The van der Waals surface area contributed by atoms with Crippen LogP contribution >= 0.6 is 11.8 Å². The van der Waals surface area contributed by atoms with Crippen molar-refractivity contribution in [2.45, 2.75) is 77.8 Å². The zero-order chi connectivity index (χ0) is 31.5. The van der Waals surface area contributed by atoms with E-state index < -0.39 is 11.7 Å². The molecule has 2 aliphatic heterocycles. The van der Waals surface area contributed by atoms with E-state index in [-0.39, 0.29) is 46.8 Å². The number of thioether (sulfide) groups is 1. The van der Waals surface area contributed by atoms with Crippen LogP contribution in [0.4, 0.5) is 4.39 Å². The fourth-order valence-electron chi connectivity index (χ4n) is 7.04. The molecule has 1 atom stereocenters. The van der Waals surface area contributed by atoms with Crippen LogP contribution < -0.4 is 5.32 Å². The molecule has 7 nitrogen and oxygen atoms in total. The van der Waals surface area contributed by atoms with Crippen molar-refractivity contribution in [3.8, 4) is 0 Å². The summed E-state index contributed by atoms with van der Waals surface area (Å²) in [6.45, 7) is 10.9. The minimum atomic E-state index is -0.631. The van der Waals surface area contributed by atoms with E-state index in [1.54, 1.807) is 11.0 Å². The van der Waals surface area contributed by atoms with Gasteiger partial charge in [0.25, 0.3) is 11.8 Å². The van der Waals surface area contributed by atoms with E-state index in [0.29, 0.717) is 67.1 Å². The maximum atomic E-state index is 14.1. The van der Waals surface area contributed by atoms with Gasteiger partial charge in [-0.25, -0.2) is 4.39 Å². The first-order valence-corrected chi connectivity index (χ1v) is 16.9. The number of amides is 2. The monoisotopic (exact) mass is 619 g/mol. The molecule has 1 aromatic carbocycles. The second-order valence-corrected chi connectivity index (χ2v) is 14.1. The van der Waals surface area contributed by atoms with Gasteiger partial charge in [-0.15, -0.1) is 0 Å². The predicted octanol–water partition coefficient (Wildman–Crippen LogP) is 6.38. The van der Waals surface area contributed by atoms with Crippen molar-refractivity contribution in [3.05, 3.63) is 76.4 Å². The fourth-order valence-corrected chi connectivity index (χ4v) is 8.18. The molecule has 1 aliphatic carbocycles. The van der Waals surface area contributed by atoms with E-state index in [9.17, 15) is 23.6 Å². The standard InChI is InChI=1S/C35H42FN3O4S/c1-20(2)18-39-19-25-6-5-7-28(30(25)35(39)43)34(42)38-27-10-8-23(9-11-27)21(3)33(41)31(24-12-14-44-15-13-24)32-29(22(4)40)16-26(36)17-37-32/h5-7,16-17,20,23-24,27,31H,3,8-15,18-19H2,1-2,4H3,(H,38,42). The number of nitrogens with zero attached hydrogens (tertiary/aromatic N) is 2. The maximum Gasteiger partial charge on any atom is 0.255 e. The van der Waals surface area contributed by atoms with Crippen molar-refractivity contribution < 1.29 is 23.6 Å². The highest BCUT2D eigenvalue weighted by Gasteiger charge is 2.38. The number of carbonyl (C=O) groups excluding carboxylic acids is 4. The Balaban J connectivity index is 1.26. The maximum absolute atomic E-state index is 14.1. The van der Waals surface area contributed by atoms with Crippen LogP contribution in [0.3, 0.4) is 0 Å². The molecule has 0 spiro atoms. The average Bonchev–Trinajstić information content (AvgIpc) is 3.32. The van der Waals surface area contributed by atoms with Crippen molar-refractivity contribution in [3.63, 3.8) is 0 Å². The third-order valence-electron chi connectivity index (χ3n) is 9.29. The molecule has 3 aliphatic rings. The van der Waals surface area contributed by atoms with Gasteiger partial charge in [0.05, 0.1) is 28.9 Å². The summed E-state index contributed by atoms with van der Waals surface area (Å²) in [5.41, 5.74) is 2.86. The Morgan fingerprint density at radius 3 is 2.45 bits per heavy atom. The molecule has 0 radical (unpaired) electrons. The summed E-state index contributed by atoms with van der Waals surface area (Å²) in [6, 6.07) is 6.59. The number of hydrogen-bond acceptors (Lipinski definition) is 6. The molecule has 2 aromatic rings. The number of Topliss-reactive ketones (excluding diaryl/α,β-unsaturated/α-hetero) is 2. The van der Waals surface area contributed by atoms with E-state index in [2.05, 4.69) is 30.7 Å². The molecule has 5 rings (SSSR count). The second-order valence-electron chi connectivity index (χ2n) is 12.9. The summed E-state index contributed by atoms with van der Waals surface area (Å²) < 4.78 is 14.1. The van der Waals surface area contributed by atoms with Crippen LogP contribution in [0.2, 0.25) is 0 Å². The lowest BCUT2D eigenvalue weighted by atomic mass is 9.73. The van der Waals surface area contributed by atoms with Crippen molar-refractivity contribution in [2.75, 3.05) is 18.1 Å². The van der Waals surface area contributed by atoms with Gasteiger partial charge >= 0.3 is 0 Å². The Bertz CT molecular complexity index is 1460. The lowest BCUT2D eigenvalue weighted by Gasteiger charge is -2.34. The molecule has 1 saturated heterocycles. The first-order valence-electron chi connectivity index (χ1n) is 15.7. The summed E-state index contributed by atoms with van der Waals surface area (Å²) >= 11 is 1.85. The number of allylic oxidation sites excluding steroid dienone is 1. The van der Waals surface area contributed by atoms with Gasteiger partial charge in [0.2, 0.25) is 0 Å². The number of fused-ring (bicyclic) bond motifs is 1. The van der Waals surface area contributed by atoms with Crippen molar-refractivity contribution in [1.29, 1.82) is 0 Å². The fraction of sp³-hybridized carbons (Fsp3) is 0.514. The summed E-state index contributed by atoms with van der Waals surface area (Å²) in [4.78, 5) is 59.2. The Morgan fingerprint density at radius 2 is 1.80 bits per heavy atom. The van der Waals surface area contributed by atoms with Gasteiger partial charge in [-0.3, -0.25) is 24.2 Å². The molecule has 2 amide bonds. The number of ketones is 2. The number of pyridine rings is 1. The molecular formula is C35H42FN3O4S. The largest absolute Gasteiger partial charge is 0.349 e. The molecule has 234 valence electrons. The SMILES string of the molecule is C=C(C(=O)C(c1ncc(F)cc1C(C)=O)C1CCSCC1)C1CCC(NC(=O)c2cccc3c2C(=O)N(CC(C)C)C3)CC1. The number of carbonyl (C=O) groups is 4. The predicted molar refractivity (Wildman–Crippen MR) is 170 cm³/mol. The molecule has 1 unspecified atom stereocenters. The summed E-state index contributed by atoms with van der Waals surface area (Å²) in [7, 11) is 0. The average molecular weight is 620 g/mol. The zero-order valence-corrected chi connectivity index (χ0v) is 26.7. The quantitative estimate of drug-likeness (QED) is 0.245. The van der Waals surface area contributed by atoms with Crippen molar-refractivity contribution >= 4 is 35.1 Å². The number of aromatic nitrogens is 1. The number of hydrogen-bond donors (Lipinski definition) is 1. The zero-order valence-electron chi connectivity index (χ0n) is 25.9. The highest BCUT2D eigenvalue weighted by atomic mass is 32.2. The lowest BCUT2D eigenvalue weighted by molar-refractivity contribution is -0.118. The number of benzene rings is 1. The lowest BCUT2D eigenvalue weighted by Crippen LogP contribution is -2.39. The van der Waals surface area contributed by atoms with E-state index in [0.717, 1.165) is 36.1 Å².